The van der Waals surface area contributed by atoms with Crippen molar-refractivity contribution in [2.24, 2.45) is 0 Å². The van der Waals surface area contributed by atoms with Gasteiger partial charge in [0.25, 0.3) is 0 Å². The van der Waals surface area contributed by atoms with Crippen LogP contribution in [0, 0.1) is 12.7 Å². The highest BCUT2D eigenvalue weighted by Crippen LogP contribution is 2.25. The van der Waals surface area contributed by atoms with Crippen LogP contribution < -0.4 is 20.3 Å². The van der Waals surface area contributed by atoms with Gasteiger partial charge in [-0.3, -0.25) is 14.5 Å². The fourth-order valence-electron chi connectivity index (χ4n) is 3.57. The van der Waals surface area contributed by atoms with Crippen LogP contribution in [-0.2, 0) is 9.59 Å². The summed E-state index contributed by atoms with van der Waals surface area (Å²) in [5.41, 5.74) is 2.46. The molecule has 0 aliphatic carbocycles. The lowest BCUT2D eigenvalue weighted by Gasteiger charge is -2.36. The van der Waals surface area contributed by atoms with Crippen molar-refractivity contribution in [3.8, 4) is 5.75 Å². The minimum Gasteiger partial charge on any atom is -0.495 e. The molecule has 0 spiro atoms. The topological polar surface area (TPSA) is 73.9 Å². The summed E-state index contributed by atoms with van der Waals surface area (Å²) in [6.45, 7) is 6.71. The molecule has 1 fully saturated rings. The SMILES string of the molecule is COc1ccc(C)cc1NC(=O)C(=O)NCCCN1CCN(c2ccc(F)cc2)CC1. The Morgan fingerprint density at radius 3 is 2.42 bits per heavy atom. The van der Waals surface area contributed by atoms with Crippen LogP contribution in [0.2, 0.25) is 0 Å². The molecule has 0 radical (unpaired) electrons. The van der Waals surface area contributed by atoms with Crippen LogP contribution in [0.1, 0.15) is 12.0 Å². The molecule has 2 aromatic rings. The maximum Gasteiger partial charge on any atom is 0.313 e. The van der Waals surface area contributed by atoms with E-state index in [1.54, 1.807) is 24.3 Å². The summed E-state index contributed by atoms with van der Waals surface area (Å²) in [5, 5.41) is 5.27. The van der Waals surface area contributed by atoms with Crippen LogP contribution in [0.25, 0.3) is 0 Å². The molecular weight excluding hydrogens is 399 g/mol. The lowest BCUT2D eigenvalue weighted by Crippen LogP contribution is -2.47. The molecule has 8 heteroatoms. The summed E-state index contributed by atoms with van der Waals surface area (Å²) < 4.78 is 18.3. The van der Waals surface area contributed by atoms with Gasteiger partial charge in [0, 0.05) is 38.4 Å². The highest BCUT2D eigenvalue weighted by molar-refractivity contribution is 6.39. The number of benzene rings is 2. The zero-order chi connectivity index (χ0) is 22.2. The monoisotopic (exact) mass is 428 g/mol. The number of nitrogens with zero attached hydrogens (tertiary/aromatic N) is 2. The molecule has 7 nitrogen and oxygen atoms in total. The van der Waals surface area contributed by atoms with Crippen molar-refractivity contribution in [1.82, 2.24) is 10.2 Å². The van der Waals surface area contributed by atoms with Crippen LogP contribution in [0.3, 0.4) is 0 Å². The zero-order valence-electron chi connectivity index (χ0n) is 18.0. The van der Waals surface area contributed by atoms with Crippen molar-refractivity contribution in [3.05, 3.63) is 53.8 Å². The van der Waals surface area contributed by atoms with Gasteiger partial charge in [0.2, 0.25) is 0 Å². The molecular formula is C23H29FN4O3. The molecule has 2 N–H and O–H groups in total. The number of methoxy groups -OCH3 is 1. The number of carbonyl (C=O) groups is 2. The fraction of sp³-hybridized carbons (Fsp3) is 0.391. The summed E-state index contributed by atoms with van der Waals surface area (Å²) in [5.74, 6) is -1.09. The highest BCUT2D eigenvalue weighted by atomic mass is 19.1. The molecule has 3 rings (SSSR count). The summed E-state index contributed by atoms with van der Waals surface area (Å²) in [7, 11) is 1.51. The number of carbonyl (C=O) groups excluding carboxylic acids is 2. The number of hydrogen-bond donors (Lipinski definition) is 2. The third kappa shape index (κ3) is 6.42. The molecule has 1 heterocycles. The standard InChI is InChI=1S/C23H29FN4O3/c1-17-4-9-21(31-2)20(16-17)26-23(30)22(29)25-10-3-11-27-12-14-28(15-13-27)19-7-5-18(24)6-8-19/h4-9,16H,3,10-15H2,1-2H3,(H,25,29)(H,26,30). The van der Waals surface area contributed by atoms with Gasteiger partial charge in [0.05, 0.1) is 12.8 Å². The second-order valence-electron chi connectivity index (χ2n) is 7.57. The minimum atomic E-state index is -0.711. The van der Waals surface area contributed by atoms with Gasteiger partial charge >= 0.3 is 11.8 Å². The molecule has 1 aliphatic rings. The summed E-state index contributed by atoms with van der Waals surface area (Å²) in [4.78, 5) is 28.8. The maximum atomic E-state index is 13.1. The van der Waals surface area contributed by atoms with Crippen LogP contribution >= 0.6 is 0 Å². The molecule has 166 valence electrons. The Labute approximate surface area is 182 Å². The Hall–Kier alpha value is -3.13. The second kappa shape index (κ2) is 10.8. The molecule has 1 aliphatic heterocycles. The van der Waals surface area contributed by atoms with E-state index in [0.29, 0.717) is 18.0 Å². The van der Waals surface area contributed by atoms with Gasteiger partial charge in [-0.25, -0.2) is 4.39 Å². The number of anilines is 2. The molecule has 0 aromatic heterocycles. The number of nitrogens with one attached hydrogen (secondary N) is 2. The second-order valence-corrected chi connectivity index (χ2v) is 7.57. The number of halogens is 1. The van der Waals surface area contributed by atoms with Crippen molar-refractivity contribution in [2.45, 2.75) is 13.3 Å². The van der Waals surface area contributed by atoms with Gasteiger partial charge in [-0.05, 0) is 61.9 Å². The number of rotatable bonds is 7. The third-order valence-corrected chi connectivity index (χ3v) is 5.31. The van der Waals surface area contributed by atoms with E-state index in [-0.39, 0.29) is 5.82 Å². The quantitative estimate of drug-likeness (QED) is 0.523. The van der Waals surface area contributed by atoms with Gasteiger partial charge in [-0.2, -0.15) is 0 Å². The molecule has 0 bridgehead atoms. The molecule has 0 saturated carbocycles. The van der Waals surface area contributed by atoms with Crippen LogP contribution in [0.5, 0.6) is 5.75 Å². The Bertz CT molecular complexity index is 896. The van der Waals surface area contributed by atoms with Gasteiger partial charge in [0.15, 0.2) is 0 Å². The minimum absolute atomic E-state index is 0.226. The largest absolute Gasteiger partial charge is 0.495 e. The number of ether oxygens (including phenoxy) is 1. The van der Waals surface area contributed by atoms with Crippen LogP contribution in [-0.4, -0.2) is 63.1 Å². The van der Waals surface area contributed by atoms with E-state index in [1.165, 1.54) is 19.2 Å². The average molecular weight is 429 g/mol. The Kier molecular flexibility index (Phi) is 7.83. The van der Waals surface area contributed by atoms with E-state index in [4.69, 9.17) is 4.74 Å². The predicted octanol–water partition coefficient (Wildman–Crippen LogP) is 2.41. The maximum absolute atomic E-state index is 13.1. The van der Waals surface area contributed by atoms with Crippen molar-refractivity contribution in [1.29, 1.82) is 0 Å². The van der Waals surface area contributed by atoms with E-state index < -0.39 is 11.8 Å². The highest BCUT2D eigenvalue weighted by Gasteiger charge is 2.18. The van der Waals surface area contributed by atoms with Crippen LogP contribution in [0.4, 0.5) is 15.8 Å². The molecule has 0 unspecified atom stereocenters. The predicted molar refractivity (Wildman–Crippen MR) is 119 cm³/mol. The first-order chi connectivity index (χ1) is 15.0. The van der Waals surface area contributed by atoms with Crippen LogP contribution in [0.15, 0.2) is 42.5 Å². The summed E-state index contributed by atoms with van der Waals surface area (Å²) in [6, 6.07) is 11.9. The fourth-order valence-corrected chi connectivity index (χ4v) is 3.57. The normalized spacial score (nSPS) is 14.2. The van der Waals surface area contributed by atoms with Gasteiger partial charge in [-0.15, -0.1) is 0 Å². The summed E-state index contributed by atoms with van der Waals surface area (Å²) >= 11 is 0. The third-order valence-electron chi connectivity index (χ3n) is 5.31. The first-order valence-electron chi connectivity index (χ1n) is 10.4. The number of piperazine rings is 1. The molecule has 2 aromatic carbocycles. The smallest absolute Gasteiger partial charge is 0.313 e. The molecule has 1 saturated heterocycles. The Balaban J connectivity index is 1.35. The lowest BCUT2D eigenvalue weighted by atomic mass is 10.2. The van der Waals surface area contributed by atoms with Gasteiger partial charge in [0.1, 0.15) is 11.6 Å². The van der Waals surface area contributed by atoms with E-state index in [0.717, 1.165) is 50.4 Å². The zero-order valence-corrected chi connectivity index (χ0v) is 18.0. The number of amides is 2. The van der Waals surface area contributed by atoms with Crippen molar-refractivity contribution >= 4 is 23.2 Å². The van der Waals surface area contributed by atoms with E-state index in [2.05, 4.69) is 20.4 Å². The van der Waals surface area contributed by atoms with Crippen molar-refractivity contribution in [2.75, 3.05) is 56.6 Å². The molecule has 0 atom stereocenters. The summed E-state index contributed by atoms with van der Waals surface area (Å²) in [6.07, 6.45) is 0.753. The number of aryl methyl sites for hydroxylation is 1. The van der Waals surface area contributed by atoms with Crippen molar-refractivity contribution < 1.29 is 18.7 Å². The average Bonchev–Trinajstić information content (AvgIpc) is 2.77. The Morgan fingerprint density at radius 1 is 1.03 bits per heavy atom. The van der Waals surface area contributed by atoms with E-state index in [9.17, 15) is 14.0 Å². The Morgan fingerprint density at radius 2 is 1.74 bits per heavy atom. The number of hydrogen-bond acceptors (Lipinski definition) is 5. The van der Waals surface area contributed by atoms with Crippen molar-refractivity contribution in [3.63, 3.8) is 0 Å². The van der Waals surface area contributed by atoms with E-state index in [1.807, 2.05) is 13.0 Å². The lowest BCUT2D eigenvalue weighted by molar-refractivity contribution is -0.136. The van der Waals surface area contributed by atoms with Gasteiger partial charge < -0.3 is 20.3 Å². The first kappa shape index (κ1) is 22.6. The first-order valence-corrected chi connectivity index (χ1v) is 10.4. The van der Waals surface area contributed by atoms with Gasteiger partial charge in [-0.1, -0.05) is 6.07 Å². The molecule has 31 heavy (non-hydrogen) atoms. The van der Waals surface area contributed by atoms with E-state index >= 15 is 0 Å². The molecule has 2 amide bonds.